The lowest BCUT2D eigenvalue weighted by molar-refractivity contribution is -0.360. The Labute approximate surface area is 333 Å². The maximum absolute atomic E-state index is 15.0. The molecule has 5 fully saturated rings. The minimum absolute atomic E-state index is 0.00858. The van der Waals surface area contributed by atoms with Gasteiger partial charge < -0.3 is 64.5 Å². The first kappa shape index (κ1) is 43.0. The summed E-state index contributed by atoms with van der Waals surface area (Å²) in [6.45, 7) is 14.0. The first-order chi connectivity index (χ1) is 26.5. The van der Waals surface area contributed by atoms with Crippen LogP contribution in [0.25, 0.3) is 0 Å². The van der Waals surface area contributed by atoms with Gasteiger partial charge >= 0.3 is 0 Å². The number of allylic oxidation sites excluding steroid dienone is 4. The number of aliphatic hydroxyl groups is 8. The molecule has 3 aliphatic heterocycles. The smallest absolute Gasteiger partial charge is 0.229 e. The van der Waals surface area contributed by atoms with Crippen LogP contribution in [0.5, 0.6) is 0 Å². The van der Waals surface area contributed by atoms with Crippen molar-refractivity contribution < 1.29 is 74.1 Å². The molecule has 7 rings (SSSR count). The summed E-state index contributed by atoms with van der Waals surface area (Å²) >= 11 is 0. The Kier molecular flexibility index (Phi) is 10.9. The number of hydrogen-bond donors (Lipinski definition) is 8. The zero-order chi connectivity index (χ0) is 41.9. The fourth-order valence-electron chi connectivity index (χ4n) is 12.2. The molecule has 7 aliphatic rings. The number of Topliss-reactive ketones (excluding diaryl/α,β-unsaturated/α-hetero) is 2. The zero-order valence-corrected chi connectivity index (χ0v) is 34.1. The molecule has 0 radical (unpaired) electrons. The molecule has 0 aromatic rings. The Morgan fingerprint density at radius 1 is 0.877 bits per heavy atom. The van der Waals surface area contributed by atoms with Crippen LogP contribution in [-0.4, -0.2) is 145 Å². The largest absolute Gasteiger partial charge is 0.459 e. The first-order valence-electron chi connectivity index (χ1n) is 20.3. The van der Waals surface area contributed by atoms with Crippen LogP contribution in [0.3, 0.4) is 0 Å². The van der Waals surface area contributed by atoms with E-state index in [1.165, 1.54) is 6.92 Å². The van der Waals surface area contributed by atoms with Crippen molar-refractivity contribution in [3.8, 4) is 0 Å². The number of rotatable bonds is 7. The summed E-state index contributed by atoms with van der Waals surface area (Å²) < 4.78 is 30.4. The molecule has 0 bridgehead atoms. The summed E-state index contributed by atoms with van der Waals surface area (Å²) in [5, 5.41) is 85.3. The molecule has 0 aromatic heterocycles. The minimum atomic E-state index is -1.79. The average molecular weight is 807 g/mol. The van der Waals surface area contributed by atoms with Gasteiger partial charge in [-0.3, -0.25) is 9.59 Å². The average Bonchev–Trinajstić information content (AvgIpc) is 3.37. The molecule has 0 aromatic carbocycles. The third-order valence-electron chi connectivity index (χ3n) is 15.5. The molecule has 19 unspecified atom stereocenters. The van der Waals surface area contributed by atoms with Gasteiger partial charge in [-0.05, 0) is 75.9 Å². The Bertz CT molecular complexity index is 1700. The molecule has 320 valence electrons. The molecule has 2 saturated carbocycles. The second-order valence-corrected chi connectivity index (χ2v) is 19.4. The highest BCUT2D eigenvalue weighted by molar-refractivity contribution is 6.02. The van der Waals surface area contributed by atoms with E-state index in [-0.39, 0.29) is 42.5 Å². The van der Waals surface area contributed by atoms with Gasteiger partial charge in [0.05, 0.1) is 42.5 Å². The normalized spacial score (nSPS) is 52.2. The molecule has 3 heterocycles. The molecule has 8 N–H and O–H groups in total. The van der Waals surface area contributed by atoms with E-state index in [0.29, 0.717) is 19.3 Å². The predicted octanol–water partition coefficient (Wildman–Crippen LogP) is 0.569. The molecule has 4 aliphatic carbocycles. The van der Waals surface area contributed by atoms with Crippen molar-refractivity contribution in [2.45, 2.75) is 160 Å². The molecule has 15 nitrogen and oxygen atoms in total. The van der Waals surface area contributed by atoms with Crippen LogP contribution in [0.15, 0.2) is 35.1 Å². The number of ether oxygens (including phenoxy) is 5. The molecule has 15 heteroatoms. The lowest BCUT2D eigenvalue weighted by Gasteiger charge is -2.64. The Hall–Kier alpha value is -2.12. The van der Waals surface area contributed by atoms with Gasteiger partial charge in [0.15, 0.2) is 18.2 Å². The fourth-order valence-corrected chi connectivity index (χ4v) is 12.2. The minimum Gasteiger partial charge on any atom is -0.459 e. The van der Waals surface area contributed by atoms with Crippen molar-refractivity contribution in [1.29, 1.82) is 0 Å². The third kappa shape index (κ3) is 6.37. The van der Waals surface area contributed by atoms with Gasteiger partial charge in [-0.15, -0.1) is 0 Å². The summed E-state index contributed by atoms with van der Waals surface area (Å²) in [5.74, 6) is -1.82. The van der Waals surface area contributed by atoms with E-state index < -0.39 is 113 Å². The van der Waals surface area contributed by atoms with Crippen molar-refractivity contribution in [3.63, 3.8) is 0 Å². The molecule has 0 spiro atoms. The van der Waals surface area contributed by atoms with E-state index in [4.69, 9.17) is 23.7 Å². The van der Waals surface area contributed by atoms with Crippen LogP contribution in [0.1, 0.15) is 81.1 Å². The van der Waals surface area contributed by atoms with Gasteiger partial charge in [-0.1, -0.05) is 38.5 Å². The molecular formula is C42H62O15. The van der Waals surface area contributed by atoms with E-state index in [1.807, 2.05) is 26.8 Å². The predicted molar refractivity (Wildman–Crippen MR) is 199 cm³/mol. The van der Waals surface area contributed by atoms with Gasteiger partial charge in [-0.25, -0.2) is 0 Å². The van der Waals surface area contributed by atoms with E-state index >= 15 is 4.79 Å². The summed E-state index contributed by atoms with van der Waals surface area (Å²) in [4.78, 5) is 29.4. The summed E-state index contributed by atoms with van der Waals surface area (Å²) in [7, 11) is 0. The quantitative estimate of drug-likeness (QED) is 0.164. The van der Waals surface area contributed by atoms with Crippen molar-refractivity contribution in [2.75, 3.05) is 13.2 Å². The lowest BCUT2D eigenvalue weighted by atomic mass is 9.39. The summed E-state index contributed by atoms with van der Waals surface area (Å²) in [5.41, 5.74) is -2.98. The second-order valence-electron chi connectivity index (χ2n) is 19.4. The molecule has 19 atom stereocenters. The van der Waals surface area contributed by atoms with Crippen LogP contribution in [0.4, 0.5) is 0 Å². The van der Waals surface area contributed by atoms with Crippen LogP contribution >= 0.6 is 0 Å². The van der Waals surface area contributed by atoms with E-state index in [2.05, 4.69) is 19.9 Å². The van der Waals surface area contributed by atoms with Gasteiger partial charge in [0.2, 0.25) is 12.1 Å². The number of hydrogen-bond acceptors (Lipinski definition) is 15. The van der Waals surface area contributed by atoms with E-state index in [1.54, 1.807) is 19.9 Å². The van der Waals surface area contributed by atoms with Crippen LogP contribution in [-0.2, 0) is 33.3 Å². The zero-order valence-electron chi connectivity index (χ0n) is 34.1. The van der Waals surface area contributed by atoms with Gasteiger partial charge in [-0.2, -0.15) is 0 Å². The third-order valence-corrected chi connectivity index (χ3v) is 15.5. The molecular weight excluding hydrogens is 744 g/mol. The molecule has 3 saturated heterocycles. The topological polar surface area (TPSA) is 242 Å². The van der Waals surface area contributed by atoms with E-state index in [9.17, 15) is 45.6 Å². The fraction of sp³-hybridized carbons (Fsp3) is 0.810. The Morgan fingerprint density at radius 3 is 2.21 bits per heavy atom. The van der Waals surface area contributed by atoms with Gasteiger partial charge in [0.1, 0.15) is 42.4 Å². The van der Waals surface area contributed by atoms with Crippen molar-refractivity contribution in [3.05, 3.63) is 35.1 Å². The van der Waals surface area contributed by atoms with Crippen molar-refractivity contribution in [2.24, 2.45) is 39.4 Å². The number of carbonyl (C=O) groups excluding carboxylic acids is 2. The van der Waals surface area contributed by atoms with Crippen molar-refractivity contribution in [1.82, 2.24) is 0 Å². The highest BCUT2D eigenvalue weighted by Gasteiger charge is 2.75. The maximum atomic E-state index is 15.0. The summed E-state index contributed by atoms with van der Waals surface area (Å²) in [6, 6.07) is 0. The highest BCUT2D eigenvalue weighted by atomic mass is 16.8. The molecule has 57 heavy (non-hydrogen) atoms. The van der Waals surface area contributed by atoms with Gasteiger partial charge in [0.25, 0.3) is 0 Å². The summed E-state index contributed by atoms with van der Waals surface area (Å²) in [6.07, 6.45) is -9.23. The second kappa shape index (κ2) is 14.5. The first-order valence-corrected chi connectivity index (χ1v) is 20.3. The van der Waals surface area contributed by atoms with Crippen LogP contribution in [0, 0.1) is 39.4 Å². The highest BCUT2D eigenvalue weighted by Crippen LogP contribution is 2.75. The standard InChI is InChI=1S/C42H62O15/c1-18(16-43)11-20-13-41(7,52)34-24(54-20)14-39(5)26-10-9-21-22(42(26,8)27(45)15-40(34,39)6)12-23(35(51)38(21,3)4)55-37-33(31(49)29(47)25(17-44)56-37)57-36-32(50)30(48)28(46)19(2)53-36/h9,11-12,19-20,22,24-26,28-34,36-37,43-44,46-50,52H,10,13-17H2,1-8H3. The Balaban J connectivity index is 1.24. The van der Waals surface area contributed by atoms with Crippen molar-refractivity contribution >= 4 is 11.6 Å². The monoisotopic (exact) mass is 806 g/mol. The maximum Gasteiger partial charge on any atom is 0.229 e. The van der Waals surface area contributed by atoms with Gasteiger partial charge in [0, 0.05) is 30.1 Å². The Morgan fingerprint density at radius 2 is 1.56 bits per heavy atom. The van der Waals surface area contributed by atoms with E-state index in [0.717, 1.165) is 11.1 Å². The number of ketones is 2. The lowest BCUT2D eigenvalue weighted by Crippen LogP contribution is -2.65. The van der Waals surface area contributed by atoms with Crippen LogP contribution in [0.2, 0.25) is 0 Å². The molecule has 0 amide bonds. The SMILES string of the molecule is CC(=CC1CC(C)(O)C2C(CC3(C)C4CC=C5C(C=C(OC6OC(CO)C(O)C(O)C6OC6OC(C)C(O)C(O)C6O)C(=O)C5(C)C)C4(C)C(=O)CC23C)O1)CO. The van der Waals surface area contributed by atoms with Crippen LogP contribution < -0.4 is 0 Å². The number of carbonyl (C=O) groups is 2. The number of aliphatic hydroxyl groups excluding tert-OH is 7. The number of fused-ring (bicyclic) bond motifs is 7.